The molecule has 0 amide bonds. The van der Waals surface area contributed by atoms with Gasteiger partial charge in [0.15, 0.2) is 12.6 Å². The first kappa shape index (κ1) is 21.8. The van der Waals surface area contributed by atoms with Crippen molar-refractivity contribution in [2.45, 2.75) is 32.5 Å². The van der Waals surface area contributed by atoms with E-state index < -0.39 is 12.8 Å². The highest BCUT2D eigenvalue weighted by molar-refractivity contribution is 5.80. The molecule has 0 atom stereocenters. The number of piperidine rings is 1. The summed E-state index contributed by atoms with van der Waals surface area (Å²) in [5.74, 6) is 0.602. The van der Waals surface area contributed by atoms with E-state index in [0.29, 0.717) is 45.0 Å². The summed E-state index contributed by atoms with van der Waals surface area (Å²) in [6.07, 6.45) is -2.99. The first-order chi connectivity index (χ1) is 13.3. The SMILES string of the molecule is CCNC(=NCc1cccc(OCC(F)(F)F)c1)N1CCC(C(=O)OC)CC1. The second-order valence-electron chi connectivity index (χ2n) is 6.51. The van der Waals surface area contributed by atoms with E-state index in [0.717, 1.165) is 5.56 Å². The number of esters is 1. The Morgan fingerprint density at radius 3 is 2.64 bits per heavy atom. The van der Waals surface area contributed by atoms with E-state index in [1.54, 1.807) is 18.2 Å². The number of likely N-dealkylation sites (tertiary alicyclic amines) is 1. The number of alkyl halides is 3. The fraction of sp³-hybridized carbons (Fsp3) is 0.579. The summed E-state index contributed by atoms with van der Waals surface area (Å²) in [6, 6.07) is 6.48. The molecule has 1 heterocycles. The highest BCUT2D eigenvalue weighted by Crippen LogP contribution is 2.21. The molecule has 6 nitrogen and oxygen atoms in total. The first-order valence-electron chi connectivity index (χ1n) is 9.22. The van der Waals surface area contributed by atoms with E-state index in [1.165, 1.54) is 13.2 Å². The molecule has 0 bridgehead atoms. The zero-order valence-corrected chi connectivity index (χ0v) is 16.1. The summed E-state index contributed by atoms with van der Waals surface area (Å²) in [6.45, 7) is 2.99. The lowest BCUT2D eigenvalue weighted by Crippen LogP contribution is -2.46. The largest absolute Gasteiger partial charge is 0.484 e. The van der Waals surface area contributed by atoms with Gasteiger partial charge < -0.3 is 19.7 Å². The molecule has 1 N–H and O–H groups in total. The Morgan fingerprint density at radius 1 is 1.32 bits per heavy atom. The van der Waals surface area contributed by atoms with Crippen molar-refractivity contribution in [1.82, 2.24) is 10.2 Å². The normalized spacial score (nSPS) is 16.0. The lowest BCUT2D eigenvalue weighted by atomic mass is 9.97. The zero-order valence-electron chi connectivity index (χ0n) is 16.1. The molecular weight excluding hydrogens is 375 g/mol. The third-order valence-corrected chi connectivity index (χ3v) is 4.38. The highest BCUT2D eigenvalue weighted by Gasteiger charge is 2.28. The van der Waals surface area contributed by atoms with E-state index in [1.807, 2.05) is 6.92 Å². The second kappa shape index (κ2) is 10.2. The predicted octanol–water partition coefficient (Wildman–Crippen LogP) is 2.98. The van der Waals surface area contributed by atoms with Crippen LogP contribution in [0.25, 0.3) is 0 Å². The van der Waals surface area contributed by atoms with E-state index in [4.69, 9.17) is 9.47 Å². The first-order valence-corrected chi connectivity index (χ1v) is 9.22. The molecule has 0 saturated carbocycles. The molecule has 1 saturated heterocycles. The van der Waals surface area contributed by atoms with E-state index >= 15 is 0 Å². The van der Waals surface area contributed by atoms with Gasteiger partial charge in [-0.25, -0.2) is 4.99 Å². The summed E-state index contributed by atoms with van der Waals surface area (Å²) < 4.78 is 46.5. The standard InChI is InChI=1S/C19H26F3N3O3/c1-3-23-18(25-9-7-15(8-10-25)17(26)27-2)24-12-14-5-4-6-16(11-14)28-13-19(20,21)22/h4-6,11,15H,3,7-10,12-13H2,1-2H3,(H,23,24). The molecule has 0 radical (unpaired) electrons. The summed E-state index contributed by atoms with van der Waals surface area (Å²) in [5, 5.41) is 3.22. The number of carbonyl (C=O) groups excluding carboxylic acids is 1. The van der Waals surface area contributed by atoms with Crippen LogP contribution in [0.1, 0.15) is 25.3 Å². The number of halogens is 3. The van der Waals surface area contributed by atoms with Crippen LogP contribution in [0, 0.1) is 5.92 Å². The number of nitrogens with zero attached hydrogens (tertiary/aromatic N) is 2. The van der Waals surface area contributed by atoms with Gasteiger partial charge in [0, 0.05) is 19.6 Å². The van der Waals surface area contributed by atoms with Gasteiger partial charge in [-0.1, -0.05) is 12.1 Å². The Bertz CT molecular complexity index is 672. The monoisotopic (exact) mass is 401 g/mol. The molecule has 0 aliphatic carbocycles. The third-order valence-electron chi connectivity index (χ3n) is 4.38. The highest BCUT2D eigenvalue weighted by atomic mass is 19.4. The van der Waals surface area contributed by atoms with E-state index in [2.05, 4.69) is 15.2 Å². The van der Waals surface area contributed by atoms with Crippen molar-refractivity contribution in [1.29, 1.82) is 0 Å². The van der Waals surface area contributed by atoms with Crippen molar-refractivity contribution in [2.24, 2.45) is 10.9 Å². The number of hydrogen-bond donors (Lipinski definition) is 1. The van der Waals surface area contributed by atoms with Gasteiger partial charge in [0.25, 0.3) is 0 Å². The molecule has 28 heavy (non-hydrogen) atoms. The van der Waals surface area contributed by atoms with Crippen LogP contribution in [0.15, 0.2) is 29.3 Å². The van der Waals surface area contributed by atoms with Gasteiger partial charge >= 0.3 is 12.1 Å². The quantitative estimate of drug-likeness (QED) is 0.451. The second-order valence-corrected chi connectivity index (χ2v) is 6.51. The minimum atomic E-state index is -4.37. The molecular formula is C19H26F3N3O3. The fourth-order valence-corrected chi connectivity index (χ4v) is 2.98. The Hall–Kier alpha value is -2.45. The van der Waals surface area contributed by atoms with Gasteiger partial charge in [-0.2, -0.15) is 13.2 Å². The number of ether oxygens (including phenoxy) is 2. The average molecular weight is 401 g/mol. The third kappa shape index (κ3) is 6.94. The number of nitrogens with one attached hydrogen (secondary N) is 1. The van der Waals surface area contributed by atoms with Crippen LogP contribution in [-0.4, -0.2) is 56.4 Å². The van der Waals surface area contributed by atoms with Crippen LogP contribution in [0.5, 0.6) is 5.75 Å². The molecule has 1 aromatic rings. The van der Waals surface area contributed by atoms with Gasteiger partial charge in [0.05, 0.1) is 19.6 Å². The summed E-state index contributed by atoms with van der Waals surface area (Å²) in [5.41, 5.74) is 0.750. The maximum Gasteiger partial charge on any atom is 0.422 e. The minimum Gasteiger partial charge on any atom is -0.484 e. The Morgan fingerprint density at radius 2 is 2.04 bits per heavy atom. The molecule has 0 unspecified atom stereocenters. The van der Waals surface area contributed by atoms with E-state index in [9.17, 15) is 18.0 Å². The molecule has 1 aliphatic rings. The topological polar surface area (TPSA) is 63.2 Å². The van der Waals surface area contributed by atoms with Crippen LogP contribution >= 0.6 is 0 Å². The molecule has 156 valence electrons. The smallest absolute Gasteiger partial charge is 0.422 e. The molecule has 0 aromatic heterocycles. The molecule has 9 heteroatoms. The van der Waals surface area contributed by atoms with Crippen LogP contribution in [-0.2, 0) is 16.1 Å². The van der Waals surface area contributed by atoms with Crippen LogP contribution in [0.2, 0.25) is 0 Å². The van der Waals surface area contributed by atoms with Crippen LogP contribution in [0.3, 0.4) is 0 Å². The lowest BCUT2D eigenvalue weighted by Gasteiger charge is -2.33. The summed E-state index contributed by atoms with van der Waals surface area (Å²) in [4.78, 5) is 18.3. The average Bonchev–Trinajstić information content (AvgIpc) is 2.69. The molecule has 0 spiro atoms. The van der Waals surface area contributed by atoms with Crippen LogP contribution in [0.4, 0.5) is 13.2 Å². The number of aliphatic imine (C=N–C) groups is 1. The number of carbonyl (C=O) groups is 1. The number of hydrogen-bond acceptors (Lipinski definition) is 4. The molecule has 1 aliphatic heterocycles. The van der Waals surface area contributed by atoms with Crippen molar-refractivity contribution in [3.63, 3.8) is 0 Å². The minimum absolute atomic E-state index is 0.0911. The van der Waals surface area contributed by atoms with Crippen molar-refractivity contribution in [3.8, 4) is 5.75 Å². The van der Waals surface area contributed by atoms with Crippen LogP contribution < -0.4 is 10.1 Å². The predicted molar refractivity (Wildman–Crippen MR) is 99.1 cm³/mol. The van der Waals surface area contributed by atoms with Crippen molar-refractivity contribution < 1.29 is 27.4 Å². The maximum absolute atomic E-state index is 12.3. The van der Waals surface area contributed by atoms with Crippen molar-refractivity contribution >= 4 is 11.9 Å². The summed E-state index contributed by atoms with van der Waals surface area (Å²) in [7, 11) is 1.40. The summed E-state index contributed by atoms with van der Waals surface area (Å²) >= 11 is 0. The lowest BCUT2D eigenvalue weighted by molar-refractivity contribution is -0.153. The Kier molecular flexibility index (Phi) is 7.95. The number of guanidine groups is 1. The van der Waals surface area contributed by atoms with Gasteiger partial charge in [-0.15, -0.1) is 0 Å². The fourth-order valence-electron chi connectivity index (χ4n) is 2.98. The van der Waals surface area contributed by atoms with Crippen molar-refractivity contribution in [2.75, 3.05) is 33.4 Å². The number of benzene rings is 1. The van der Waals surface area contributed by atoms with Crippen molar-refractivity contribution in [3.05, 3.63) is 29.8 Å². The van der Waals surface area contributed by atoms with Gasteiger partial charge in [-0.3, -0.25) is 4.79 Å². The number of rotatable bonds is 6. The Balaban J connectivity index is 1.98. The molecule has 2 rings (SSSR count). The molecule has 1 fully saturated rings. The Labute approximate surface area is 162 Å². The van der Waals surface area contributed by atoms with E-state index in [-0.39, 0.29) is 17.6 Å². The van der Waals surface area contributed by atoms with Gasteiger partial charge in [0.2, 0.25) is 0 Å². The van der Waals surface area contributed by atoms with Gasteiger partial charge in [0.1, 0.15) is 5.75 Å². The zero-order chi connectivity index (χ0) is 20.6. The molecule has 1 aromatic carbocycles. The maximum atomic E-state index is 12.3. The number of methoxy groups -OCH3 is 1. The van der Waals surface area contributed by atoms with Gasteiger partial charge in [-0.05, 0) is 37.5 Å².